The molecule has 1 saturated carbocycles. The Balaban J connectivity index is 1.62. The maximum atomic E-state index is 11.2. The van der Waals surface area contributed by atoms with E-state index in [1.165, 1.54) is 0 Å². The number of ether oxygens (including phenoxy) is 1. The molecule has 0 bridgehead atoms. The number of cyclic esters (lactones) is 1. The lowest BCUT2D eigenvalue weighted by molar-refractivity contribution is -0.122. The molecule has 1 saturated heterocycles. The van der Waals surface area contributed by atoms with E-state index in [0.29, 0.717) is 26.2 Å². The first-order valence-electron chi connectivity index (χ1n) is 4.97. The summed E-state index contributed by atoms with van der Waals surface area (Å²) in [6, 6.07) is 0. The lowest BCUT2D eigenvalue weighted by Gasteiger charge is -2.12. The third kappa shape index (κ3) is 2.16. The van der Waals surface area contributed by atoms with Crippen LogP contribution < -0.4 is 5.32 Å². The van der Waals surface area contributed by atoms with Crippen molar-refractivity contribution in [1.29, 1.82) is 0 Å². The van der Waals surface area contributed by atoms with E-state index in [0.717, 1.165) is 12.8 Å². The van der Waals surface area contributed by atoms with Gasteiger partial charge in [-0.2, -0.15) is 0 Å². The highest BCUT2D eigenvalue weighted by Crippen LogP contribution is 2.28. The molecular formula is C9H14N2O3. The fourth-order valence-corrected chi connectivity index (χ4v) is 1.43. The maximum absolute atomic E-state index is 11.2. The molecule has 0 spiro atoms. The van der Waals surface area contributed by atoms with E-state index in [9.17, 15) is 9.59 Å². The number of amides is 2. The molecule has 1 N–H and O–H groups in total. The Kier molecular flexibility index (Phi) is 2.56. The highest BCUT2D eigenvalue weighted by atomic mass is 16.6. The molecule has 5 heteroatoms. The highest BCUT2D eigenvalue weighted by Gasteiger charge is 2.29. The van der Waals surface area contributed by atoms with E-state index in [4.69, 9.17) is 4.74 Å². The number of carbonyl (C=O) groups is 2. The molecule has 1 aliphatic heterocycles. The standard InChI is InChI=1S/C9H14N2O3/c12-8(7-1-2-7)10-3-4-11-5-6-14-9(11)13/h7H,1-6H2,(H,10,12). The highest BCUT2D eigenvalue weighted by molar-refractivity contribution is 5.80. The summed E-state index contributed by atoms with van der Waals surface area (Å²) in [6.45, 7) is 2.19. The Hall–Kier alpha value is -1.26. The molecule has 0 aromatic carbocycles. The van der Waals surface area contributed by atoms with Crippen molar-refractivity contribution in [2.24, 2.45) is 5.92 Å². The summed E-state index contributed by atoms with van der Waals surface area (Å²) in [5.41, 5.74) is 0. The first-order chi connectivity index (χ1) is 6.77. The summed E-state index contributed by atoms with van der Waals surface area (Å²) in [5, 5.41) is 2.80. The number of nitrogens with one attached hydrogen (secondary N) is 1. The Morgan fingerprint density at radius 2 is 2.36 bits per heavy atom. The lowest BCUT2D eigenvalue weighted by atomic mass is 10.4. The van der Waals surface area contributed by atoms with Crippen LogP contribution in [-0.2, 0) is 9.53 Å². The Morgan fingerprint density at radius 3 is 2.93 bits per heavy atom. The van der Waals surface area contributed by atoms with Crippen LogP contribution >= 0.6 is 0 Å². The molecule has 1 heterocycles. The molecule has 2 amide bonds. The number of carbonyl (C=O) groups excluding carboxylic acids is 2. The molecule has 0 atom stereocenters. The second-order valence-corrected chi connectivity index (χ2v) is 3.67. The quantitative estimate of drug-likeness (QED) is 0.689. The van der Waals surface area contributed by atoms with Gasteiger partial charge in [-0.25, -0.2) is 4.79 Å². The van der Waals surface area contributed by atoms with Crippen LogP contribution in [0.15, 0.2) is 0 Å². The minimum atomic E-state index is -0.273. The topological polar surface area (TPSA) is 58.6 Å². The molecule has 0 aromatic rings. The van der Waals surface area contributed by atoms with Gasteiger partial charge in [0.2, 0.25) is 5.91 Å². The van der Waals surface area contributed by atoms with Gasteiger partial charge in [-0.1, -0.05) is 0 Å². The van der Waals surface area contributed by atoms with Gasteiger partial charge in [0.15, 0.2) is 0 Å². The molecule has 0 radical (unpaired) electrons. The van der Waals surface area contributed by atoms with Gasteiger partial charge in [0.25, 0.3) is 0 Å². The summed E-state index contributed by atoms with van der Waals surface area (Å²) in [5.74, 6) is 0.359. The number of hydrogen-bond donors (Lipinski definition) is 1. The minimum Gasteiger partial charge on any atom is -0.448 e. The Bertz CT molecular complexity index is 250. The average Bonchev–Trinajstić information content (AvgIpc) is 2.93. The van der Waals surface area contributed by atoms with Gasteiger partial charge in [0.05, 0.1) is 6.54 Å². The monoisotopic (exact) mass is 198 g/mol. The van der Waals surface area contributed by atoms with E-state index in [2.05, 4.69) is 5.32 Å². The normalized spacial score (nSPS) is 20.9. The van der Waals surface area contributed by atoms with Crippen LogP contribution in [-0.4, -0.2) is 43.1 Å². The molecule has 1 aliphatic carbocycles. The summed E-state index contributed by atoms with van der Waals surface area (Å²) in [4.78, 5) is 23.8. The molecule has 5 nitrogen and oxygen atoms in total. The van der Waals surface area contributed by atoms with Gasteiger partial charge in [-0.15, -0.1) is 0 Å². The third-order valence-corrected chi connectivity index (χ3v) is 2.47. The predicted octanol–water partition coefficient (Wildman–Crippen LogP) is -0.0352. The van der Waals surface area contributed by atoms with E-state index in [1.807, 2.05) is 0 Å². The first kappa shape index (κ1) is 9.30. The molecular weight excluding hydrogens is 184 g/mol. The molecule has 14 heavy (non-hydrogen) atoms. The molecule has 2 rings (SSSR count). The Labute approximate surface area is 82.4 Å². The van der Waals surface area contributed by atoms with E-state index < -0.39 is 0 Å². The minimum absolute atomic E-state index is 0.123. The van der Waals surface area contributed by atoms with Gasteiger partial charge < -0.3 is 15.0 Å². The summed E-state index contributed by atoms with van der Waals surface area (Å²) < 4.78 is 4.76. The van der Waals surface area contributed by atoms with Crippen LogP contribution in [0.2, 0.25) is 0 Å². The van der Waals surface area contributed by atoms with Crippen molar-refractivity contribution in [1.82, 2.24) is 10.2 Å². The number of rotatable bonds is 4. The number of hydrogen-bond acceptors (Lipinski definition) is 3. The molecule has 2 fully saturated rings. The van der Waals surface area contributed by atoms with Crippen molar-refractivity contribution in [3.05, 3.63) is 0 Å². The second kappa shape index (κ2) is 3.86. The van der Waals surface area contributed by atoms with Crippen LogP contribution in [0.3, 0.4) is 0 Å². The summed E-state index contributed by atoms with van der Waals surface area (Å²) in [6.07, 6.45) is 1.75. The zero-order valence-corrected chi connectivity index (χ0v) is 7.99. The lowest BCUT2D eigenvalue weighted by Crippen LogP contribution is -2.35. The average molecular weight is 198 g/mol. The first-order valence-corrected chi connectivity index (χ1v) is 4.97. The van der Waals surface area contributed by atoms with Crippen molar-refractivity contribution in [2.45, 2.75) is 12.8 Å². The van der Waals surface area contributed by atoms with Gasteiger partial charge in [-0.05, 0) is 12.8 Å². The molecule has 78 valence electrons. The summed E-state index contributed by atoms with van der Waals surface area (Å²) >= 11 is 0. The number of nitrogens with zero attached hydrogens (tertiary/aromatic N) is 1. The van der Waals surface area contributed by atoms with Crippen LogP contribution in [0.4, 0.5) is 4.79 Å². The van der Waals surface area contributed by atoms with E-state index >= 15 is 0 Å². The fraction of sp³-hybridized carbons (Fsp3) is 0.778. The van der Waals surface area contributed by atoms with Crippen LogP contribution in [0.5, 0.6) is 0 Å². The van der Waals surface area contributed by atoms with Crippen molar-refractivity contribution in [3.63, 3.8) is 0 Å². The largest absolute Gasteiger partial charge is 0.448 e. The van der Waals surface area contributed by atoms with Crippen LogP contribution in [0, 0.1) is 5.92 Å². The fourth-order valence-electron chi connectivity index (χ4n) is 1.43. The predicted molar refractivity (Wildman–Crippen MR) is 48.7 cm³/mol. The molecule has 2 aliphatic rings. The summed E-state index contributed by atoms with van der Waals surface area (Å²) in [7, 11) is 0. The van der Waals surface area contributed by atoms with Gasteiger partial charge in [0, 0.05) is 19.0 Å². The smallest absolute Gasteiger partial charge is 0.409 e. The third-order valence-electron chi connectivity index (χ3n) is 2.47. The van der Waals surface area contributed by atoms with Crippen molar-refractivity contribution in [3.8, 4) is 0 Å². The van der Waals surface area contributed by atoms with Crippen LogP contribution in [0.25, 0.3) is 0 Å². The zero-order chi connectivity index (χ0) is 9.97. The molecule has 0 unspecified atom stereocenters. The second-order valence-electron chi connectivity index (χ2n) is 3.67. The molecule has 0 aromatic heterocycles. The van der Waals surface area contributed by atoms with Gasteiger partial charge in [0.1, 0.15) is 6.61 Å². The van der Waals surface area contributed by atoms with E-state index in [-0.39, 0.29) is 17.9 Å². The van der Waals surface area contributed by atoms with Gasteiger partial charge >= 0.3 is 6.09 Å². The van der Waals surface area contributed by atoms with Crippen molar-refractivity contribution < 1.29 is 14.3 Å². The SMILES string of the molecule is O=C(NCCN1CCOC1=O)C1CC1. The maximum Gasteiger partial charge on any atom is 0.409 e. The Morgan fingerprint density at radius 1 is 1.57 bits per heavy atom. The zero-order valence-electron chi connectivity index (χ0n) is 7.99. The van der Waals surface area contributed by atoms with Crippen LogP contribution in [0.1, 0.15) is 12.8 Å². The van der Waals surface area contributed by atoms with E-state index in [1.54, 1.807) is 4.90 Å². The van der Waals surface area contributed by atoms with Crippen molar-refractivity contribution in [2.75, 3.05) is 26.2 Å². The van der Waals surface area contributed by atoms with Gasteiger partial charge in [-0.3, -0.25) is 4.79 Å². The van der Waals surface area contributed by atoms with Crippen molar-refractivity contribution >= 4 is 12.0 Å².